The lowest BCUT2D eigenvalue weighted by atomic mass is 10.2. The molecule has 0 aromatic heterocycles. The second-order valence-electron chi connectivity index (χ2n) is 3.66. The highest BCUT2D eigenvalue weighted by Gasteiger charge is 2.10. The molecule has 0 N–H and O–H groups in total. The lowest BCUT2D eigenvalue weighted by Gasteiger charge is -2.00. The number of carbonyl (C=O) groups excluding carboxylic acids is 1. The molecule has 4 nitrogen and oxygen atoms in total. The zero-order valence-electron chi connectivity index (χ0n) is 9.39. The van der Waals surface area contributed by atoms with E-state index >= 15 is 0 Å². The van der Waals surface area contributed by atoms with Gasteiger partial charge in [-0.3, -0.25) is 4.79 Å². The summed E-state index contributed by atoms with van der Waals surface area (Å²) in [7, 11) is -3.29. The van der Waals surface area contributed by atoms with E-state index in [0.717, 1.165) is 6.26 Å². The lowest BCUT2D eigenvalue weighted by molar-refractivity contribution is 0.100. The van der Waals surface area contributed by atoms with Crippen LogP contribution in [0.4, 0.5) is 0 Å². The molecule has 0 radical (unpaired) electrons. The molecule has 0 aliphatic rings. The minimum atomic E-state index is -3.29. The highest BCUT2D eigenvalue weighted by Crippen LogP contribution is 2.12. The van der Waals surface area contributed by atoms with Crippen LogP contribution in [0.2, 0.25) is 0 Å². The van der Waals surface area contributed by atoms with E-state index in [4.69, 9.17) is 0 Å². The largest absolute Gasteiger partial charge is 0.276 e. The van der Waals surface area contributed by atoms with Gasteiger partial charge in [0.05, 0.1) is 4.90 Å². The van der Waals surface area contributed by atoms with Crippen LogP contribution in [-0.4, -0.2) is 26.3 Å². The maximum Gasteiger partial charge on any atom is 0.276 e. The van der Waals surface area contributed by atoms with Crippen molar-refractivity contribution in [3.8, 4) is 0 Å². The molecule has 0 heterocycles. The highest BCUT2D eigenvalue weighted by atomic mass is 32.2. The number of nitrogens with zero attached hydrogens (tertiary/aromatic N) is 1. The summed E-state index contributed by atoms with van der Waals surface area (Å²) in [6.45, 7) is 3.41. The number of aliphatic imine (C=N–C) groups is 1. The number of benzene rings is 1. The summed E-state index contributed by atoms with van der Waals surface area (Å²) in [5.74, 6) is -0.425. The van der Waals surface area contributed by atoms with Gasteiger partial charge in [-0.1, -0.05) is 6.07 Å². The number of rotatable bonds is 2. The molecule has 16 heavy (non-hydrogen) atoms. The fraction of sp³-hybridized carbons (Fsp3) is 0.273. The quantitative estimate of drug-likeness (QED) is 0.738. The van der Waals surface area contributed by atoms with Crippen LogP contribution < -0.4 is 0 Å². The molecule has 0 unspecified atom stereocenters. The van der Waals surface area contributed by atoms with E-state index in [1.807, 2.05) is 0 Å². The molecule has 1 aromatic rings. The minimum Gasteiger partial charge on any atom is -0.267 e. The third-order valence-corrected chi connectivity index (χ3v) is 2.94. The normalized spacial score (nSPS) is 10.9. The Bertz CT molecular complexity index is 540. The summed E-state index contributed by atoms with van der Waals surface area (Å²) in [4.78, 5) is 15.4. The standard InChI is InChI=1S/C11H13NO3S/c1-8(2)12-11(13)9-5-4-6-10(7-9)16(3,14)15/h4-7H,1-3H3. The van der Waals surface area contributed by atoms with Gasteiger partial charge in [-0.25, -0.2) is 13.4 Å². The number of carbonyl (C=O) groups is 1. The van der Waals surface area contributed by atoms with Crippen molar-refractivity contribution in [2.24, 2.45) is 4.99 Å². The van der Waals surface area contributed by atoms with Crippen molar-refractivity contribution < 1.29 is 13.2 Å². The Labute approximate surface area is 94.9 Å². The fourth-order valence-corrected chi connectivity index (χ4v) is 1.79. The smallest absolute Gasteiger partial charge is 0.267 e. The van der Waals surface area contributed by atoms with Crippen LogP contribution in [-0.2, 0) is 9.84 Å². The summed E-state index contributed by atoms with van der Waals surface area (Å²) in [6, 6.07) is 5.87. The molecule has 0 bridgehead atoms. The SMILES string of the molecule is CC(C)=NC(=O)c1cccc(S(C)(=O)=O)c1. The lowest BCUT2D eigenvalue weighted by Crippen LogP contribution is -2.02. The van der Waals surface area contributed by atoms with E-state index in [1.165, 1.54) is 18.2 Å². The van der Waals surface area contributed by atoms with E-state index in [2.05, 4.69) is 4.99 Å². The maximum absolute atomic E-state index is 11.6. The molecule has 1 aromatic carbocycles. The second-order valence-corrected chi connectivity index (χ2v) is 5.68. The molecule has 0 spiro atoms. The summed E-state index contributed by atoms with van der Waals surface area (Å²) in [5.41, 5.74) is 0.916. The third kappa shape index (κ3) is 3.27. The molecule has 0 atom stereocenters. The van der Waals surface area contributed by atoms with Crippen molar-refractivity contribution in [1.82, 2.24) is 0 Å². The monoisotopic (exact) mass is 239 g/mol. The molecule has 0 aliphatic heterocycles. The van der Waals surface area contributed by atoms with Gasteiger partial charge in [-0.2, -0.15) is 0 Å². The van der Waals surface area contributed by atoms with Crippen LogP contribution in [0.1, 0.15) is 24.2 Å². The van der Waals surface area contributed by atoms with Crippen LogP contribution in [0.15, 0.2) is 34.2 Å². The number of hydrogen-bond acceptors (Lipinski definition) is 3. The Morgan fingerprint density at radius 2 is 1.88 bits per heavy atom. The average molecular weight is 239 g/mol. The molecule has 1 rings (SSSR count). The van der Waals surface area contributed by atoms with Gasteiger partial charge in [-0.15, -0.1) is 0 Å². The first-order chi connectivity index (χ1) is 7.30. The summed E-state index contributed by atoms with van der Waals surface area (Å²) in [6.07, 6.45) is 1.10. The van der Waals surface area contributed by atoms with E-state index in [9.17, 15) is 13.2 Å². The van der Waals surface area contributed by atoms with Gasteiger partial charge >= 0.3 is 0 Å². The van der Waals surface area contributed by atoms with Gasteiger partial charge < -0.3 is 0 Å². The van der Waals surface area contributed by atoms with Crippen LogP contribution in [0.3, 0.4) is 0 Å². The van der Waals surface area contributed by atoms with Crippen molar-refractivity contribution >= 4 is 21.5 Å². The first-order valence-electron chi connectivity index (χ1n) is 4.67. The Balaban J connectivity index is 3.19. The summed E-state index contributed by atoms with van der Waals surface area (Å²) >= 11 is 0. The van der Waals surface area contributed by atoms with Crippen LogP contribution in [0.5, 0.6) is 0 Å². The van der Waals surface area contributed by atoms with Crippen LogP contribution >= 0.6 is 0 Å². The number of amides is 1. The molecular weight excluding hydrogens is 226 g/mol. The van der Waals surface area contributed by atoms with E-state index < -0.39 is 15.7 Å². The van der Waals surface area contributed by atoms with E-state index in [1.54, 1.807) is 19.9 Å². The predicted octanol–water partition coefficient (Wildman–Crippen LogP) is 1.71. The third-order valence-electron chi connectivity index (χ3n) is 1.83. The molecule has 1 amide bonds. The molecule has 0 saturated heterocycles. The Hall–Kier alpha value is -1.49. The summed E-state index contributed by atoms with van der Waals surface area (Å²) in [5, 5.41) is 0. The van der Waals surface area contributed by atoms with E-state index in [-0.39, 0.29) is 10.5 Å². The van der Waals surface area contributed by atoms with E-state index in [0.29, 0.717) is 5.71 Å². The first-order valence-corrected chi connectivity index (χ1v) is 6.56. The molecular formula is C11H13NO3S. The maximum atomic E-state index is 11.6. The van der Waals surface area contributed by atoms with Crippen LogP contribution in [0.25, 0.3) is 0 Å². The number of hydrogen-bond donors (Lipinski definition) is 0. The zero-order chi connectivity index (χ0) is 12.3. The van der Waals surface area contributed by atoms with Gasteiger partial charge in [0.15, 0.2) is 9.84 Å². The number of sulfone groups is 1. The molecule has 86 valence electrons. The van der Waals surface area contributed by atoms with Gasteiger partial charge in [0.2, 0.25) is 0 Å². The van der Waals surface area contributed by atoms with Gasteiger partial charge in [-0.05, 0) is 32.0 Å². The van der Waals surface area contributed by atoms with Crippen molar-refractivity contribution in [1.29, 1.82) is 0 Å². The van der Waals surface area contributed by atoms with Crippen molar-refractivity contribution in [3.05, 3.63) is 29.8 Å². The van der Waals surface area contributed by atoms with Crippen molar-refractivity contribution in [2.45, 2.75) is 18.7 Å². The van der Waals surface area contributed by atoms with Gasteiger partial charge in [0, 0.05) is 17.5 Å². The molecule has 5 heteroatoms. The van der Waals surface area contributed by atoms with Gasteiger partial charge in [0.1, 0.15) is 0 Å². The predicted molar refractivity (Wildman–Crippen MR) is 62.7 cm³/mol. The summed E-state index contributed by atoms with van der Waals surface area (Å²) < 4.78 is 22.6. The molecule has 0 fully saturated rings. The topological polar surface area (TPSA) is 63.6 Å². The highest BCUT2D eigenvalue weighted by molar-refractivity contribution is 7.90. The minimum absolute atomic E-state index is 0.127. The average Bonchev–Trinajstić information content (AvgIpc) is 2.15. The fourth-order valence-electron chi connectivity index (χ4n) is 1.13. The molecule has 0 aliphatic carbocycles. The van der Waals surface area contributed by atoms with Crippen molar-refractivity contribution in [3.63, 3.8) is 0 Å². The van der Waals surface area contributed by atoms with Crippen LogP contribution in [0, 0.1) is 0 Å². The second kappa shape index (κ2) is 4.57. The Morgan fingerprint density at radius 1 is 1.25 bits per heavy atom. The van der Waals surface area contributed by atoms with Crippen molar-refractivity contribution in [2.75, 3.05) is 6.26 Å². The zero-order valence-corrected chi connectivity index (χ0v) is 10.2. The van der Waals surface area contributed by atoms with Gasteiger partial charge in [0.25, 0.3) is 5.91 Å². The Kier molecular flexibility index (Phi) is 3.59. The Morgan fingerprint density at radius 3 is 2.38 bits per heavy atom. The molecule has 0 saturated carbocycles. The first kappa shape index (κ1) is 12.6.